The monoisotopic (exact) mass is 411 g/mol. The smallest absolute Gasteiger partial charge is 0.226 e. The van der Waals surface area contributed by atoms with E-state index in [1.807, 2.05) is 6.92 Å². The van der Waals surface area contributed by atoms with Crippen LogP contribution in [0.1, 0.15) is 30.5 Å². The quantitative estimate of drug-likeness (QED) is 0.584. The van der Waals surface area contributed by atoms with Crippen LogP contribution in [-0.2, 0) is 11.2 Å². The van der Waals surface area contributed by atoms with Crippen molar-refractivity contribution in [2.75, 3.05) is 6.54 Å². The van der Waals surface area contributed by atoms with Crippen LogP contribution in [0.3, 0.4) is 0 Å². The van der Waals surface area contributed by atoms with Gasteiger partial charge in [0.1, 0.15) is 17.4 Å². The first kappa shape index (κ1) is 20.1. The molecule has 4 rings (SSSR count). The number of rotatable bonds is 8. The summed E-state index contributed by atoms with van der Waals surface area (Å²) in [6.07, 6.45) is 3.11. The first-order valence-electron chi connectivity index (χ1n) is 10.0. The number of nitrogens with one attached hydrogen (secondary N) is 1. The summed E-state index contributed by atoms with van der Waals surface area (Å²) in [6.45, 7) is 2.57. The number of benzene rings is 2. The van der Waals surface area contributed by atoms with Crippen LogP contribution < -0.4 is 10.1 Å². The molecule has 3 aromatic rings. The number of aromatic nitrogens is 2. The van der Waals surface area contributed by atoms with Crippen molar-refractivity contribution in [3.05, 3.63) is 71.4 Å². The number of carbonyl (C=O) groups is 1. The Labute approximate surface area is 173 Å². The van der Waals surface area contributed by atoms with Crippen LogP contribution in [0, 0.1) is 24.5 Å². The maximum Gasteiger partial charge on any atom is 0.226 e. The second-order valence-corrected chi connectivity index (χ2v) is 7.56. The number of hydrogen-bond acceptors (Lipinski definition) is 3. The average molecular weight is 411 g/mol. The fraction of sp³-hybridized carbons (Fsp3) is 0.304. The van der Waals surface area contributed by atoms with Gasteiger partial charge in [0.25, 0.3) is 0 Å². The van der Waals surface area contributed by atoms with E-state index in [-0.39, 0.29) is 17.5 Å². The zero-order valence-corrected chi connectivity index (χ0v) is 16.7. The van der Waals surface area contributed by atoms with Crippen LogP contribution in [-0.4, -0.2) is 22.2 Å². The first-order valence-corrected chi connectivity index (χ1v) is 10.0. The van der Waals surface area contributed by atoms with Crippen LogP contribution in [0.2, 0.25) is 0 Å². The number of aryl methyl sites for hydroxylation is 1. The van der Waals surface area contributed by atoms with Crippen LogP contribution in [0.5, 0.6) is 11.6 Å². The van der Waals surface area contributed by atoms with Gasteiger partial charge < -0.3 is 10.1 Å². The van der Waals surface area contributed by atoms with E-state index < -0.39 is 0 Å². The third-order valence-corrected chi connectivity index (χ3v) is 5.12. The molecule has 1 aliphatic rings. The Hall–Kier alpha value is -3.22. The topological polar surface area (TPSA) is 56.2 Å². The standard InChI is InChI=1S/C23H23F2N3O2/c1-15-21(12-13-22(29)26-14-16-2-3-16)23(30-20-10-6-18(25)7-11-20)28(27-15)19-8-4-17(24)5-9-19/h4-11,16H,2-3,12-14H2,1H3,(H,26,29). The van der Waals surface area contributed by atoms with Crippen LogP contribution in [0.25, 0.3) is 5.69 Å². The molecule has 1 fully saturated rings. The Morgan fingerprint density at radius 2 is 1.73 bits per heavy atom. The Kier molecular flexibility index (Phi) is 5.79. The van der Waals surface area contributed by atoms with Crippen molar-refractivity contribution in [2.24, 2.45) is 5.92 Å². The lowest BCUT2D eigenvalue weighted by Crippen LogP contribution is -2.25. The average Bonchev–Trinajstić information content (AvgIpc) is 3.51. The summed E-state index contributed by atoms with van der Waals surface area (Å²) >= 11 is 0. The number of hydrogen-bond donors (Lipinski definition) is 1. The number of ether oxygens (including phenoxy) is 1. The molecule has 0 spiro atoms. The summed E-state index contributed by atoms with van der Waals surface area (Å²) in [7, 11) is 0. The second kappa shape index (κ2) is 8.65. The molecule has 0 unspecified atom stereocenters. The van der Waals surface area contributed by atoms with Gasteiger partial charge in [0.05, 0.1) is 11.4 Å². The van der Waals surface area contributed by atoms with Gasteiger partial charge in [0, 0.05) is 18.5 Å². The Morgan fingerprint density at radius 1 is 1.10 bits per heavy atom. The predicted octanol–water partition coefficient (Wildman–Crippen LogP) is 4.71. The van der Waals surface area contributed by atoms with Crippen molar-refractivity contribution >= 4 is 5.91 Å². The summed E-state index contributed by atoms with van der Waals surface area (Å²) in [4.78, 5) is 12.2. The largest absolute Gasteiger partial charge is 0.439 e. The Balaban J connectivity index is 1.60. The minimum atomic E-state index is -0.363. The fourth-order valence-corrected chi connectivity index (χ4v) is 3.21. The number of amides is 1. The Morgan fingerprint density at radius 3 is 2.37 bits per heavy atom. The van der Waals surface area contributed by atoms with Gasteiger partial charge in [-0.3, -0.25) is 4.79 Å². The van der Waals surface area contributed by atoms with Crippen molar-refractivity contribution in [1.82, 2.24) is 15.1 Å². The van der Waals surface area contributed by atoms with Crippen molar-refractivity contribution in [3.63, 3.8) is 0 Å². The van der Waals surface area contributed by atoms with Crippen molar-refractivity contribution < 1.29 is 18.3 Å². The highest BCUT2D eigenvalue weighted by atomic mass is 19.1. The lowest BCUT2D eigenvalue weighted by Gasteiger charge is -2.12. The molecule has 0 aliphatic heterocycles. The molecule has 7 heteroatoms. The molecule has 1 amide bonds. The second-order valence-electron chi connectivity index (χ2n) is 7.56. The van der Waals surface area contributed by atoms with E-state index >= 15 is 0 Å². The molecule has 1 N–H and O–H groups in total. The minimum Gasteiger partial charge on any atom is -0.439 e. The van der Waals surface area contributed by atoms with Crippen molar-refractivity contribution in [2.45, 2.75) is 32.6 Å². The zero-order chi connectivity index (χ0) is 21.1. The van der Waals surface area contributed by atoms with Gasteiger partial charge in [-0.05, 0) is 80.6 Å². The maximum absolute atomic E-state index is 13.4. The third kappa shape index (κ3) is 4.84. The van der Waals surface area contributed by atoms with Gasteiger partial charge in [-0.25, -0.2) is 13.5 Å². The van der Waals surface area contributed by atoms with E-state index in [0.717, 1.165) is 12.1 Å². The normalized spacial score (nSPS) is 13.3. The van der Waals surface area contributed by atoms with Gasteiger partial charge in [-0.1, -0.05) is 0 Å². The molecule has 2 aromatic carbocycles. The molecule has 0 bridgehead atoms. The van der Waals surface area contributed by atoms with Gasteiger partial charge >= 0.3 is 0 Å². The molecule has 1 heterocycles. The zero-order valence-electron chi connectivity index (χ0n) is 16.7. The molecule has 0 radical (unpaired) electrons. The molecule has 1 aromatic heterocycles. The summed E-state index contributed by atoms with van der Waals surface area (Å²) in [6, 6.07) is 11.6. The molecular formula is C23H23F2N3O2. The number of halogens is 2. The third-order valence-electron chi connectivity index (χ3n) is 5.12. The SMILES string of the molecule is Cc1nn(-c2ccc(F)cc2)c(Oc2ccc(F)cc2)c1CCC(=O)NCC1CC1. The van der Waals surface area contributed by atoms with Crippen molar-refractivity contribution in [3.8, 4) is 17.3 Å². The molecule has 156 valence electrons. The number of nitrogens with zero attached hydrogens (tertiary/aromatic N) is 2. The summed E-state index contributed by atoms with van der Waals surface area (Å²) in [5.41, 5.74) is 2.12. The highest BCUT2D eigenvalue weighted by Crippen LogP contribution is 2.32. The van der Waals surface area contributed by atoms with Crippen LogP contribution >= 0.6 is 0 Å². The lowest BCUT2D eigenvalue weighted by molar-refractivity contribution is -0.121. The van der Waals surface area contributed by atoms with Crippen LogP contribution in [0.15, 0.2) is 48.5 Å². The van der Waals surface area contributed by atoms with E-state index in [4.69, 9.17) is 4.74 Å². The molecular weight excluding hydrogens is 388 g/mol. The van der Waals surface area contributed by atoms with E-state index in [2.05, 4.69) is 10.4 Å². The van der Waals surface area contributed by atoms with Crippen molar-refractivity contribution in [1.29, 1.82) is 0 Å². The molecule has 30 heavy (non-hydrogen) atoms. The summed E-state index contributed by atoms with van der Waals surface area (Å²) < 4.78 is 34.3. The summed E-state index contributed by atoms with van der Waals surface area (Å²) in [5.74, 6) is 0.770. The molecule has 0 saturated heterocycles. The first-order chi connectivity index (χ1) is 14.5. The highest BCUT2D eigenvalue weighted by molar-refractivity contribution is 5.76. The fourth-order valence-electron chi connectivity index (χ4n) is 3.21. The maximum atomic E-state index is 13.4. The van der Waals surface area contributed by atoms with E-state index in [0.29, 0.717) is 41.8 Å². The number of carbonyl (C=O) groups excluding carboxylic acids is 1. The van der Waals surface area contributed by atoms with Gasteiger partial charge in [-0.2, -0.15) is 5.10 Å². The lowest BCUT2D eigenvalue weighted by atomic mass is 10.1. The van der Waals surface area contributed by atoms with E-state index in [1.165, 1.54) is 49.2 Å². The molecule has 1 saturated carbocycles. The van der Waals surface area contributed by atoms with Gasteiger partial charge in [0.2, 0.25) is 11.8 Å². The minimum absolute atomic E-state index is 0.0106. The van der Waals surface area contributed by atoms with Gasteiger partial charge in [-0.15, -0.1) is 0 Å². The Bertz CT molecular complexity index is 1030. The van der Waals surface area contributed by atoms with E-state index in [9.17, 15) is 13.6 Å². The predicted molar refractivity (Wildman–Crippen MR) is 109 cm³/mol. The molecule has 5 nitrogen and oxygen atoms in total. The highest BCUT2D eigenvalue weighted by Gasteiger charge is 2.23. The van der Waals surface area contributed by atoms with Gasteiger partial charge in [0.15, 0.2) is 0 Å². The molecule has 0 atom stereocenters. The molecule has 1 aliphatic carbocycles. The van der Waals surface area contributed by atoms with E-state index in [1.54, 1.807) is 16.8 Å². The summed E-state index contributed by atoms with van der Waals surface area (Å²) in [5, 5.41) is 7.51. The van der Waals surface area contributed by atoms with Crippen LogP contribution in [0.4, 0.5) is 8.78 Å².